The van der Waals surface area contributed by atoms with E-state index in [1.165, 1.54) is 12.8 Å². The molecule has 0 amide bonds. The highest BCUT2D eigenvalue weighted by Crippen LogP contribution is 2.32. The first-order chi connectivity index (χ1) is 8.20. The molecule has 1 heterocycles. The quantitative estimate of drug-likeness (QED) is 0.816. The van der Waals surface area contributed by atoms with Crippen LogP contribution in [0.3, 0.4) is 0 Å². The number of anilines is 1. The van der Waals surface area contributed by atoms with Crippen molar-refractivity contribution in [3.05, 3.63) is 18.2 Å². The second kappa shape index (κ2) is 5.08. The molecule has 0 fully saturated rings. The fourth-order valence-electron chi connectivity index (χ4n) is 1.77. The van der Waals surface area contributed by atoms with E-state index in [-0.39, 0.29) is 0 Å². The predicted octanol–water partition coefficient (Wildman–Crippen LogP) is 2.42. The standard InChI is InChI=1S/C13H19N3O/c1-3-4-7-16(2)13-9-17-12-8-10(14)5-6-11(12)15-13/h5-6,8H,3-4,7,9,14H2,1-2H3. The lowest BCUT2D eigenvalue weighted by Gasteiger charge is -2.25. The number of hydrogen-bond donors (Lipinski definition) is 1. The summed E-state index contributed by atoms with van der Waals surface area (Å²) in [5.41, 5.74) is 7.28. The Hall–Kier alpha value is -1.71. The van der Waals surface area contributed by atoms with Crippen LogP contribution >= 0.6 is 0 Å². The number of nitrogens with two attached hydrogens (primary N) is 1. The number of unbranched alkanes of at least 4 members (excludes halogenated alkanes) is 1. The van der Waals surface area contributed by atoms with Gasteiger partial charge in [0.1, 0.15) is 23.9 Å². The Morgan fingerprint density at radius 1 is 1.47 bits per heavy atom. The molecule has 1 aliphatic heterocycles. The van der Waals surface area contributed by atoms with Crippen molar-refractivity contribution in [1.29, 1.82) is 0 Å². The van der Waals surface area contributed by atoms with Gasteiger partial charge in [0, 0.05) is 25.3 Å². The lowest BCUT2D eigenvalue weighted by Crippen LogP contribution is -2.33. The summed E-state index contributed by atoms with van der Waals surface area (Å²) in [6.45, 7) is 3.73. The van der Waals surface area contributed by atoms with E-state index in [0.29, 0.717) is 12.3 Å². The number of aliphatic imine (C=N–C) groups is 1. The van der Waals surface area contributed by atoms with Crippen LogP contribution in [0, 0.1) is 0 Å². The summed E-state index contributed by atoms with van der Waals surface area (Å²) < 4.78 is 5.67. The lowest BCUT2D eigenvalue weighted by atomic mass is 10.2. The molecule has 0 unspecified atom stereocenters. The van der Waals surface area contributed by atoms with Crippen molar-refractivity contribution in [3.8, 4) is 5.75 Å². The molecule has 0 bridgehead atoms. The van der Waals surface area contributed by atoms with Crippen molar-refractivity contribution in [2.45, 2.75) is 19.8 Å². The summed E-state index contributed by atoms with van der Waals surface area (Å²) >= 11 is 0. The first kappa shape index (κ1) is 11.8. The number of nitrogen functional groups attached to an aromatic ring is 1. The van der Waals surface area contributed by atoms with Crippen molar-refractivity contribution in [3.63, 3.8) is 0 Å². The van der Waals surface area contributed by atoms with Gasteiger partial charge >= 0.3 is 0 Å². The zero-order chi connectivity index (χ0) is 12.3. The molecule has 2 rings (SSSR count). The molecule has 0 aromatic heterocycles. The molecule has 1 aliphatic rings. The minimum atomic E-state index is 0.524. The van der Waals surface area contributed by atoms with E-state index >= 15 is 0 Å². The highest BCUT2D eigenvalue weighted by molar-refractivity contribution is 5.88. The number of hydrogen-bond acceptors (Lipinski definition) is 4. The minimum absolute atomic E-state index is 0.524. The molecule has 0 aliphatic carbocycles. The fraction of sp³-hybridized carbons (Fsp3) is 0.462. The molecule has 17 heavy (non-hydrogen) atoms. The maximum absolute atomic E-state index is 5.70. The van der Waals surface area contributed by atoms with Crippen LogP contribution in [0.5, 0.6) is 5.75 Å². The number of amidine groups is 1. The average Bonchev–Trinajstić information content (AvgIpc) is 2.35. The number of benzene rings is 1. The number of ether oxygens (including phenoxy) is 1. The van der Waals surface area contributed by atoms with Gasteiger partial charge in [0.25, 0.3) is 0 Å². The van der Waals surface area contributed by atoms with Crippen molar-refractivity contribution < 1.29 is 4.74 Å². The number of fused-ring (bicyclic) bond motifs is 1. The van der Waals surface area contributed by atoms with Crippen LogP contribution in [0.1, 0.15) is 19.8 Å². The van der Waals surface area contributed by atoms with Crippen LogP contribution in [-0.4, -0.2) is 30.9 Å². The largest absolute Gasteiger partial charge is 0.483 e. The molecular formula is C13H19N3O. The molecule has 0 radical (unpaired) electrons. The highest BCUT2D eigenvalue weighted by Gasteiger charge is 2.15. The Morgan fingerprint density at radius 3 is 3.06 bits per heavy atom. The van der Waals surface area contributed by atoms with Gasteiger partial charge in [-0.2, -0.15) is 0 Å². The van der Waals surface area contributed by atoms with Crippen LogP contribution in [-0.2, 0) is 0 Å². The highest BCUT2D eigenvalue weighted by atomic mass is 16.5. The van der Waals surface area contributed by atoms with Crippen LogP contribution in [0.2, 0.25) is 0 Å². The van der Waals surface area contributed by atoms with Crippen molar-refractivity contribution in [1.82, 2.24) is 4.90 Å². The van der Waals surface area contributed by atoms with E-state index in [0.717, 1.165) is 23.8 Å². The fourth-order valence-corrected chi connectivity index (χ4v) is 1.77. The van der Waals surface area contributed by atoms with Gasteiger partial charge in [-0.25, -0.2) is 4.99 Å². The summed E-state index contributed by atoms with van der Waals surface area (Å²) in [7, 11) is 2.06. The summed E-state index contributed by atoms with van der Waals surface area (Å²) in [6, 6.07) is 5.57. The van der Waals surface area contributed by atoms with Crippen molar-refractivity contribution in [2.24, 2.45) is 4.99 Å². The predicted molar refractivity (Wildman–Crippen MR) is 71.0 cm³/mol. The average molecular weight is 233 g/mol. The van der Waals surface area contributed by atoms with E-state index in [9.17, 15) is 0 Å². The molecule has 1 aromatic rings. The van der Waals surface area contributed by atoms with Gasteiger partial charge in [-0.1, -0.05) is 13.3 Å². The molecule has 0 saturated heterocycles. The van der Waals surface area contributed by atoms with Gasteiger partial charge in [0.15, 0.2) is 0 Å². The number of nitrogens with zero attached hydrogens (tertiary/aromatic N) is 2. The maximum Gasteiger partial charge on any atom is 0.147 e. The van der Waals surface area contributed by atoms with Crippen LogP contribution in [0.25, 0.3) is 0 Å². The minimum Gasteiger partial charge on any atom is -0.483 e. The summed E-state index contributed by atoms with van der Waals surface area (Å²) in [6.07, 6.45) is 2.36. The van der Waals surface area contributed by atoms with E-state index < -0.39 is 0 Å². The monoisotopic (exact) mass is 233 g/mol. The molecule has 2 N–H and O–H groups in total. The molecule has 92 valence electrons. The molecule has 0 saturated carbocycles. The van der Waals surface area contributed by atoms with Crippen LogP contribution in [0.15, 0.2) is 23.2 Å². The van der Waals surface area contributed by atoms with Crippen LogP contribution in [0.4, 0.5) is 11.4 Å². The lowest BCUT2D eigenvalue weighted by molar-refractivity contribution is 0.343. The second-order valence-corrected chi connectivity index (χ2v) is 4.32. The van der Waals surface area contributed by atoms with Gasteiger partial charge in [0.05, 0.1) is 0 Å². The van der Waals surface area contributed by atoms with Crippen molar-refractivity contribution >= 4 is 17.2 Å². The molecule has 4 nitrogen and oxygen atoms in total. The van der Waals surface area contributed by atoms with E-state index in [1.54, 1.807) is 0 Å². The first-order valence-electron chi connectivity index (χ1n) is 6.01. The van der Waals surface area contributed by atoms with Gasteiger partial charge in [-0.05, 0) is 18.6 Å². The van der Waals surface area contributed by atoms with E-state index in [1.807, 2.05) is 18.2 Å². The SMILES string of the molecule is CCCCN(C)C1=Nc2ccc(N)cc2OC1. The first-order valence-corrected chi connectivity index (χ1v) is 6.01. The Bertz CT molecular complexity index is 429. The second-order valence-electron chi connectivity index (χ2n) is 4.32. The Morgan fingerprint density at radius 2 is 2.29 bits per heavy atom. The molecule has 0 spiro atoms. The topological polar surface area (TPSA) is 50.8 Å². The zero-order valence-electron chi connectivity index (χ0n) is 10.4. The molecular weight excluding hydrogens is 214 g/mol. The Kier molecular flexibility index (Phi) is 3.52. The third-order valence-electron chi connectivity index (χ3n) is 2.88. The molecule has 4 heteroatoms. The summed E-state index contributed by atoms with van der Waals surface area (Å²) in [5, 5.41) is 0. The van der Waals surface area contributed by atoms with Gasteiger partial charge in [-0.3, -0.25) is 0 Å². The normalized spacial score (nSPS) is 13.6. The smallest absolute Gasteiger partial charge is 0.147 e. The number of likely N-dealkylation sites (N-methyl/N-ethyl adjacent to an activating group) is 1. The van der Waals surface area contributed by atoms with Crippen LogP contribution < -0.4 is 10.5 Å². The third kappa shape index (κ3) is 2.70. The van der Waals surface area contributed by atoms with E-state index in [2.05, 4.69) is 23.9 Å². The van der Waals surface area contributed by atoms with E-state index in [4.69, 9.17) is 10.5 Å². The summed E-state index contributed by atoms with van der Waals surface area (Å²) in [5.74, 6) is 1.76. The number of rotatable bonds is 3. The summed E-state index contributed by atoms with van der Waals surface area (Å²) in [4.78, 5) is 6.76. The molecule has 0 atom stereocenters. The maximum atomic E-state index is 5.70. The van der Waals surface area contributed by atoms with Gasteiger partial charge in [-0.15, -0.1) is 0 Å². The third-order valence-corrected chi connectivity index (χ3v) is 2.88. The Balaban J connectivity index is 2.14. The molecule has 1 aromatic carbocycles. The van der Waals surface area contributed by atoms with Gasteiger partial charge in [0.2, 0.25) is 0 Å². The van der Waals surface area contributed by atoms with Crippen molar-refractivity contribution in [2.75, 3.05) is 25.9 Å². The zero-order valence-corrected chi connectivity index (χ0v) is 10.4. The van der Waals surface area contributed by atoms with Gasteiger partial charge < -0.3 is 15.4 Å². The Labute approximate surface area is 102 Å².